The average Bonchev–Trinajstić information content (AvgIpc) is 3.59. The van der Waals surface area contributed by atoms with E-state index in [0.717, 1.165) is 84.3 Å². The largest absolute Gasteiger partial charge is 0.350 e. The van der Waals surface area contributed by atoms with Crippen LogP contribution < -0.4 is 22.1 Å². The number of nitrogens with one attached hydrogen (secondary N) is 2. The van der Waals surface area contributed by atoms with Crippen LogP contribution in [0.15, 0.2) is 4.99 Å². The van der Waals surface area contributed by atoms with Crippen molar-refractivity contribution >= 4 is 18.0 Å². The lowest BCUT2D eigenvalue weighted by Gasteiger charge is -2.47. The lowest BCUT2D eigenvalue weighted by atomic mass is 9.76. The third kappa shape index (κ3) is 6.87. The molecule has 0 bridgehead atoms. The topological polar surface area (TPSA) is 132 Å². The standard InChI is InChI=1S/C33H59FN8O2/c1-5-9-33-16-24(34)19-38-25(17-32(33,6-2)21-33)27(29(35)36)30(43)39-26-20-37-18-22(3)28(26)41-10-7-23(8-11-41)31(44)42-14-12-40(4)13-15-42/h19,22-29,37H,5-18,20-21,35-36H2,1-4H3,(H,39,43). The minimum absolute atomic E-state index is 0.0153. The Morgan fingerprint density at radius 1 is 1.07 bits per heavy atom. The molecule has 2 amide bonds. The first-order chi connectivity index (χ1) is 21.0. The highest BCUT2D eigenvalue weighted by Crippen LogP contribution is 2.73. The van der Waals surface area contributed by atoms with Gasteiger partial charge in [0.1, 0.15) is 6.17 Å². The van der Waals surface area contributed by atoms with Crippen molar-refractivity contribution in [3.8, 4) is 0 Å². The molecule has 5 aliphatic rings. The summed E-state index contributed by atoms with van der Waals surface area (Å²) in [6.07, 6.45) is 6.28. The van der Waals surface area contributed by atoms with Crippen molar-refractivity contribution < 1.29 is 14.0 Å². The molecule has 0 spiro atoms. The normalized spacial score (nSPS) is 38.1. The van der Waals surface area contributed by atoms with Gasteiger partial charge in [-0.25, -0.2) is 4.39 Å². The van der Waals surface area contributed by atoms with E-state index in [1.165, 1.54) is 6.21 Å². The van der Waals surface area contributed by atoms with E-state index in [2.05, 4.69) is 53.2 Å². The smallest absolute Gasteiger partial charge is 0.228 e. The van der Waals surface area contributed by atoms with E-state index in [9.17, 15) is 9.59 Å². The zero-order valence-electron chi connectivity index (χ0n) is 27.6. The Bertz CT molecular complexity index is 1030. The van der Waals surface area contributed by atoms with Crippen molar-refractivity contribution in [3.63, 3.8) is 0 Å². The number of nitrogens with zero attached hydrogens (tertiary/aromatic N) is 4. The number of rotatable bonds is 9. The van der Waals surface area contributed by atoms with Gasteiger partial charge in [0, 0.05) is 50.9 Å². The molecule has 0 aromatic rings. The number of hydrogen-bond donors (Lipinski definition) is 4. The van der Waals surface area contributed by atoms with Crippen LogP contribution in [0.5, 0.6) is 0 Å². The van der Waals surface area contributed by atoms with Gasteiger partial charge in [-0.05, 0) is 88.4 Å². The molecule has 250 valence electrons. The van der Waals surface area contributed by atoms with Crippen molar-refractivity contribution in [1.82, 2.24) is 25.3 Å². The van der Waals surface area contributed by atoms with E-state index in [0.29, 0.717) is 31.2 Å². The second-order valence-electron chi connectivity index (χ2n) is 14.9. The Balaban J connectivity index is 1.25. The number of piperidine rings is 2. The fraction of sp³-hybridized carbons (Fsp3) is 0.909. The molecule has 44 heavy (non-hydrogen) atoms. The van der Waals surface area contributed by atoms with Crippen molar-refractivity contribution in [2.45, 2.75) is 103 Å². The molecular weight excluding hydrogens is 559 g/mol. The monoisotopic (exact) mass is 618 g/mol. The second kappa shape index (κ2) is 14.0. The van der Waals surface area contributed by atoms with E-state index >= 15 is 4.39 Å². The van der Waals surface area contributed by atoms with Crippen LogP contribution in [-0.2, 0) is 9.59 Å². The average molecular weight is 619 g/mol. The Hall–Kier alpha value is -1.66. The first-order valence-electron chi connectivity index (χ1n) is 17.4. The molecule has 0 aromatic carbocycles. The summed E-state index contributed by atoms with van der Waals surface area (Å²) in [5.41, 5.74) is 12.6. The highest BCUT2D eigenvalue weighted by Gasteiger charge is 2.66. The zero-order valence-corrected chi connectivity index (χ0v) is 27.6. The van der Waals surface area contributed by atoms with Crippen LogP contribution in [0.1, 0.15) is 72.1 Å². The van der Waals surface area contributed by atoms with Gasteiger partial charge in [0.05, 0.1) is 24.2 Å². The molecular formula is C33H59FN8O2. The lowest BCUT2D eigenvalue weighted by Crippen LogP contribution is -2.66. The Kier molecular flexibility index (Phi) is 10.7. The van der Waals surface area contributed by atoms with Crippen LogP contribution >= 0.6 is 0 Å². The van der Waals surface area contributed by atoms with E-state index in [1.54, 1.807) is 0 Å². The van der Waals surface area contributed by atoms with E-state index in [1.807, 2.05) is 4.90 Å². The fourth-order valence-corrected chi connectivity index (χ4v) is 9.53. The number of amides is 2. The molecule has 0 aromatic heterocycles. The van der Waals surface area contributed by atoms with Crippen molar-refractivity contribution in [2.24, 2.45) is 45.0 Å². The Labute approximate surface area is 264 Å². The predicted octanol–water partition coefficient (Wildman–Crippen LogP) is 1.58. The molecule has 1 saturated carbocycles. The summed E-state index contributed by atoms with van der Waals surface area (Å²) in [4.78, 5) is 38.8. The van der Waals surface area contributed by atoms with Crippen LogP contribution in [0.25, 0.3) is 0 Å². The molecule has 4 heterocycles. The van der Waals surface area contributed by atoms with Crippen molar-refractivity contribution in [1.29, 1.82) is 0 Å². The van der Waals surface area contributed by atoms with Gasteiger partial charge in [-0.15, -0.1) is 0 Å². The summed E-state index contributed by atoms with van der Waals surface area (Å²) in [5.74, 6) is -0.217. The fourth-order valence-electron chi connectivity index (χ4n) is 9.53. The number of aliphatic imine (C=N–C) groups is 1. The minimum Gasteiger partial charge on any atom is -0.350 e. The predicted molar refractivity (Wildman–Crippen MR) is 173 cm³/mol. The van der Waals surface area contributed by atoms with Gasteiger partial charge < -0.3 is 31.9 Å². The summed E-state index contributed by atoms with van der Waals surface area (Å²) in [7, 11) is 2.11. The molecule has 11 heteroatoms. The first kappa shape index (κ1) is 33.7. The number of halogens is 1. The first-order valence-corrected chi connectivity index (χ1v) is 17.4. The molecule has 4 aliphatic heterocycles. The molecule has 1 aliphatic carbocycles. The van der Waals surface area contributed by atoms with Gasteiger partial charge in [-0.1, -0.05) is 27.2 Å². The number of piperazine rings is 1. The van der Waals surface area contributed by atoms with Gasteiger partial charge in [0.25, 0.3) is 0 Å². The molecule has 5 rings (SSSR count). The maximum atomic E-state index is 15.1. The van der Waals surface area contributed by atoms with Gasteiger partial charge in [-0.3, -0.25) is 19.5 Å². The maximum absolute atomic E-state index is 15.1. The molecule has 6 N–H and O–H groups in total. The number of nitrogens with two attached hydrogens (primary N) is 2. The van der Waals surface area contributed by atoms with Gasteiger partial charge in [0.2, 0.25) is 11.8 Å². The molecule has 3 saturated heterocycles. The Morgan fingerprint density at radius 2 is 1.77 bits per heavy atom. The molecule has 4 fully saturated rings. The van der Waals surface area contributed by atoms with E-state index in [-0.39, 0.29) is 34.7 Å². The summed E-state index contributed by atoms with van der Waals surface area (Å²) < 4.78 is 15.1. The quantitative estimate of drug-likeness (QED) is 0.289. The third-order valence-corrected chi connectivity index (χ3v) is 12.1. The zero-order chi connectivity index (χ0) is 31.6. The van der Waals surface area contributed by atoms with E-state index < -0.39 is 24.3 Å². The number of carbonyl (C=O) groups excluding carboxylic acids is 2. The van der Waals surface area contributed by atoms with Gasteiger partial charge in [-0.2, -0.15) is 0 Å². The molecule has 10 nitrogen and oxygen atoms in total. The van der Waals surface area contributed by atoms with Gasteiger partial charge >= 0.3 is 0 Å². The summed E-state index contributed by atoms with van der Waals surface area (Å²) in [6.45, 7) is 13.3. The summed E-state index contributed by atoms with van der Waals surface area (Å²) in [5, 5.41) is 6.86. The molecule has 8 atom stereocenters. The summed E-state index contributed by atoms with van der Waals surface area (Å²) >= 11 is 0. The molecule has 8 unspecified atom stereocenters. The second-order valence-corrected chi connectivity index (χ2v) is 14.9. The Morgan fingerprint density at radius 3 is 2.41 bits per heavy atom. The van der Waals surface area contributed by atoms with Crippen molar-refractivity contribution in [2.75, 3.05) is 59.4 Å². The number of likely N-dealkylation sites (N-methyl/N-ethyl adjacent to an activating group) is 1. The highest BCUT2D eigenvalue weighted by atomic mass is 19.1. The highest BCUT2D eigenvalue weighted by molar-refractivity contribution is 5.81. The minimum atomic E-state index is -1.12. The summed E-state index contributed by atoms with van der Waals surface area (Å²) in [6, 6.07) is -0.423. The SMILES string of the molecule is CCCC12CC(F)C=NC(C(C(=O)NC3CNCC(C)C3N3CCC(C(=O)N4CCN(C)CC4)CC3)C(N)N)CC1(CC)C2. The third-order valence-electron chi connectivity index (χ3n) is 12.1. The van der Waals surface area contributed by atoms with Crippen LogP contribution in [-0.4, -0.2) is 123 Å². The number of likely N-dealkylation sites (tertiary alicyclic amines) is 1. The number of hydrogen-bond acceptors (Lipinski definition) is 8. The van der Waals surface area contributed by atoms with Crippen molar-refractivity contribution in [3.05, 3.63) is 0 Å². The number of fused-ring (bicyclic) bond motifs is 1. The number of alkyl halides is 1. The maximum Gasteiger partial charge on any atom is 0.228 e. The number of carbonyl (C=O) groups is 2. The van der Waals surface area contributed by atoms with Crippen LogP contribution in [0.3, 0.4) is 0 Å². The van der Waals surface area contributed by atoms with E-state index in [4.69, 9.17) is 11.5 Å². The van der Waals surface area contributed by atoms with Crippen LogP contribution in [0.2, 0.25) is 0 Å². The van der Waals surface area contributed by atoms with Crippen LogP contribution in [0, 0.1) is 28.6 Å². The van der Waals surface area contributed by atoms with Gasteiger partial charge in [0.15, 0.2) is 0 Å². The lowest BCUT2D eigenvalue weighted by molar-refractivity contribution is -0.139. The van der Waals surface area contributed by atoms with Crippen LogP contribution in [0.4, 0.5) is 4.39 Å². The molecule has 0 radical (unpaired) electrons.